The predicted octanol–water partition coefficient (Wildman–Crippen LogP) is 5.41. The molecule has 5 nitrogen and oxygen atoms in total. The van der Waals surface area contributed by atoms with Crippen molar-refractivity contribution in [2.24, 2.45) is 17.3 Å². The summed E-state index contributed by atoms with van der Waals surface area (Å²) < 4.78 is 39.3. The normalized spacial score (nSPS) is 27.9. The topological polar surface area (TPSA) is 84.3 Å². The summed E-state index contributed by atoms with van der Waals surface area (Å²) in [6, 6.07) is 7.12. The molecule has 0 spiro atoms. The maximum atomic E-state index is 13.9. The number of hydrogen-bond donors (Lipinski definition) is 1. The number of aromatic nitrogens is 1. The van der Waals surface area contributed by atoms with Crippen LogP contribution >= 0.6 is 0 Å². The van der Waals surface area contributed by atoms with Gasteiger partial charge in [0.25, 0.3) is 0 Å². The summed E-state index contributed by atoms with van der Waals surface area (Å²) in [5.74, 6) is -0.0252. The average molecular weight is 484 g/mol. The number of aliphatic carboxylic acids is 1. The highest BCUT2D eigenvalue weighted by Crippen LogP contribution is 2.63. The predicted molar refractivity (Wildman–Crippen MR) is 128 cm³/mol. The van der Waals surface area contributed by atoms with Crippen molar-refractivity contribution >= 4 is 21.4 Å². The van der Waals surface area contributed by atoms with E-state index in [9.17, 15) is 17.6 Å². The van der Waals surface area contributed by atoms with Crippen molar-refractivity contribution in [2.75, 3.05) is 5.75 Å². The van der Waals surface area contributed by atoms with E-state index in [4.69, 9.17) is 5.11 Å². The van der Waals surface area contributed by atoms with E-state index in [0.29, 0.717) is 22.6 Å². The molecule has 5 rings (SSSR count). The number of nitrogens with zero attached hydrogens (tertiary/aromatic N) is 1. The van der Waals surface area contributed by atoms with Crippen molar-refractivity contribution in [3.05, 3.63) is 65.2 Å². The van der Waals surface area contributed by atoms with Crippen LogP contribution in [0, 0.1) is 23.1 Å². The van der Waals surface area contributed by atoms with Crippen molar-refractivity contribution in [3.8, 4) is 0 Å². The first-order chi connectivity index (χ1) is 16.2. The molecule has 0 amide bonds. The van der Waals surface area contributed by atoms with Gasteiger partial charge in [-0.1, -0.05) is 19.1 Å². The first kappa shape index (κ1) is 23.2. The second kappa shape index (κ2) is 8.59. The van der Waals surface area contributed by atoms with E-state index in [1.54, 1.807) is 18.3 Å². The summed E-state index contributed by atoms with van der Waals surface area (Å²) in [7, 11) is -3.49. The molecule has 3 aliphatic carbocycles. The molecule has 0 bridgehead atoms. The van der Waals surface area contributed by atoms with Crippen LogP contribution in [0.2, 0.25) is 0 Å². The Balaban J connectivity index is 1.37. The molecule has 2 aromatic rings. The van der Waals surface area contributed by atoms with Crippen molar-refractivity contribution < 1.29 is 22.7 Å². The minimum Gasteiger partial charge on any atom is -0.481 e. The Morgan fingerprint density at radius 3 is 2.82 bits per heavy atom. The summed E-state index contributed by atoms with van der Waals surface area (Å²) in [5.41, 5.74) is 4.49. The lowest BCUT2D eigenvalue weighted by Crippen LogP contribution is -2.41. The average Bonchev–Trinajstić information content (AvgIpc) is 3.15. The number of benzene rings is 1. The van der Waals surface area contributed by atoms with E-state index < -0.39 is 15.8 Å². The molecule has 180 valence electrons. The third kappa shape index (κ3) is 3.98. The number of carbonyl (C=O) groups is 1. The van der Waals surface area contributed by atoms with Gasteiger partial charge in [-0.15, -0.1) is 0 Å². The van der Waals surface area contributed by atoms with Crippen LogP contribution in [0.3, 0.4) is 0 Å². The molecule has 1 heterocycles. The number of pyridine rings is 1. The lowest BCUT2D eigenvalue weighted by Gasteiger charge is -2.50. The van der Waals surface area contributed by atoms with E-state index in [-0.39, 0.29) is 29.8 Å². The fraction of sp³-hybridized carbons (Fsp3) is 0.481. The number of halogens is 1. The van der Waals surface area contributed by atoms with Gasteiger partial charge in [-0.25, -0.2) is 12.8 Å². The van der Waals surface area contributed by atoms with Crippen molar-refractivity contribution in [1.82, 2.24) is 4.98 Å². The Morgan fingerprint density at radius 2 is 2.06 bits per heavy atom. The molecule has 1 N–H and O–H groups in total. The summed E-state index contributed by atoms with van der Waals surface area (Å²) in [6.45, 7) is 2.32. The molecule has 0 aliphatic heterocycles. The molecule has 1 fully saturated rings. The molecule has 1 aromatic carbocycles. The van der Waals surface area contributed by atoms with Gasteiger partial charge in [0.1, 0.15) is 5.82 Å². The molecule has 0 radical (unpaired) electrons. The standard InChI is InChI=1S/C27H30FNO4S/c1-27-11-10-22-21-7-5-20(34(32,33)12-2-3-26(30)31)14-17(21)4-6-23(22)25(27)9-8-24(27)18-13-19(28)16-29-15-18/h5,7-8,13-16,22-23,25H,2-4,6,9-12H2,1H3,(H,30,31)/t22?,23?,25?,27-/m1/s1. The van der Waals surface area contributed by atoms with Crippen molar-refractivity contribution in [3.63, 3.8) is 0 Å². The smallest absolute Gasteiger partial charge is 0.303 e. The summed E-state index contributed by atoms with van der Waals surface area (Å²) in [5, 5.41) is 8.81. The second-order valence-electron chi connectivity index (χ2n) is 10.3. The second-order valence-corrected chi connectivity index (χ2v) is 12.4. The van der Waals surface area contributed by atoms with Gasteiger partial charge in [0.05, 0.1) is 16.8 Å². The maximum absolute atomic E-state index is 13.9. The summed E-state index contributed by atoms with van der Waals surface area (Å²) in [4.78, 5) is 15.1. The van der Waals surface area contributed by atoms with Crippen LogP contribution in [0.1, 0.15) is 68.1 Å². The van der Waals surface area contributed by atoms with Gasteiger partial charge >= 0.3 is 5.97 Å². The van der Waals surface area contributed by atoms with Crippen LogP contribution in [0.25, 0.3) is 5.57 Å². The minimum atomic E-state index is -3.49. The number of fused-ring (bicyclic) bond motifs is 5. The van der Waals surface area contributed by atoms with Gasteiger partial charge in [-0.3, -0.25) is 9.78 Å². The maximum Gasteiger partial charge on any atom is 0.303 e. The number of aryl methyl sites for hydroxylation is 1. The first-order valence-electron chi connectivity index (χ1n) is 12.1. The molecule has 1 saturated carbocycles. The van der Waals surface area contributed by atoms with E-state index in [1.165, 1.54) is 17.3 Å². The van der Waals surface area contributed by atoms with Gasteiger partial charge in [-0.2, -0.15) is 0 Å². The Bertz CT molecular complexity index is 1270. The van der Waals surface area contributed by atoms with Gasteiger partial charge in [-0.05, 0) is 102 Å². The van der Waals surface area contributed by atoms with E-state index in [2.05, 4.69) is 18.0 Å². The Labute approximate surface area is 200 Å². The van der Waals surface area contributed by atoms with E-state index >= 15 is 0 Å². The third-order valence-corrected chi connectivity index (χ3v) is 10.3. The van der Waals surface area contributed by atoms with Crippen LogP contribution in [0.15, 0.2) is 47.6 Å². The Morgan fingerprint density at radius 1 is 1.24 bits per heavy atom. The molecular formula is C27H30FNO4S. The Hall–Kier alpha value is -2.54. The highest BCUT2D eigenvalue weighted by Gasteiger charge is 2.52. The van der Waals surface area contributed by atoms with Crippen LogP contribution in [-0.2, 0) is 21.1 Å². The number of allylic oxidation sites excluding steroid dienone is 2. The lowest BCUT2D eigenvalue weighted by atomic mass is 9.54. The van der Waals surface area contributed by atoms with Crippen LogP contribution in [0.4, 0.5) is 4.39 Å². The monoisotopic (exact) mass is 483 g/mol. The molecule has 1 aromatic heterocycles. The highest BCUT2D eigenvalue weighted by molar-refractivity contribution is 7.91. The fourth-order valence-electron chi connectivity index (χ4n) is 6.86. The third-order valence-electron chi connectivity index (χ3n) is 8.46. The Kier molecular flexibility index (Phi) is 5.87. The zero-order chi connectivity index (χ0) is 24.1. The SMILES string of the molecule is C[C@]12CCC3c4ccc(S(=O)(=O)CCCC(=O)O)cc4CCC3C1CC=C2c1cncc(F)c1. The molecule has 0 saturated heterocycles. The summed E-state index contributed by atoms with van der Waals surface area (Å²) in [6.07, 6.45) is 10.1. The molecule has 3 aliphatic rings. The lowest BCUT2D eigenvalue weighted by molar-refractivity contribution is -0.137. The van der Waals surface area contributed by atoms with E-state index in [1.807, 2.05) is 12.1 Å². The zero-order valence-corrected chi connectivity index (χ0v) is 20.2. The highest BCUT2D eigenvalue weighted by atomic mass is 32.2. The number of rotatable bonds is 6. The number of sulfone groups is 1. The zero-order valence-electron chi connectivity index (χ0n) is 19.3. The van der Waals surface area contributed by atoms with E-state index in [0.717, 1.165) is 43.2 Å². The summed E-state index contributed by atoms with van der Waals surface area (Å²) >= 11 is 0. The minimum absolute atomic E-state index is 0.00155. The number of carboxylic acid groups (broad SMARTS) is 1. The molecule has 7 heteroatoms. The molecule has 34 heavy (non-hydrogen) atoms. The quantitative estimate of drug-likeness (QED) is 0.594. The number of hydrogen-bond acceptors (Lipinski definition) is 4. The van der Waals surface area contributed by atoms with Crippen LogP contribution in [-0.4, -0.2) is 30.2 Å². The van der Waals surface area contributed by atoms with Crippen LogP contribution < -0.4 is 0 Å². The van der Waals surface area contributed by atoms with Crippen molar-refractivity contribution in [2.45, 2.75) is 62.7 Å². The van der Waals surface area contributed by atoms with Crippen molar-refractivity contribution in [1.29, 1.82) is 0 Å². The fourth-order valence-corrected chi connectivity index (χ4v) is 8.21. The molecular weight excluding hydrogens is 453 g/mol. The first-order valence-corrected chi connectivity index (χ1v) is 13.7. The van der Waals surface area contributed by atoms with Gasteiger partial charge < -0.3 is 5.11 Å². The largest absolute Gasteiger partial charge is 0.481 e. The molecule has 3 unspecified atom stereocenters. The number of carboxylic acids is 1. The van der Waals surface area contributed by atoms with Crippen LogP contribution in [0.5, 0.6) is 0 Å². The molecule has 4 atom stereocenters. The van der Waals surface area contributed by atoms with Gasteiger partial charge in [0, 0.05) is 12.6 Å². The van der Waals surface area contributed by atoms with Gasteiger partial charge in [0.2, 0.25) is 0 Å². The van der Waals surface area contributed by atoms with Gasteiger partial charge in [0.15, 0.2) is 9.84 Å².